The Balaban J connectivity index is 1.41. The van der Waals surface area contributed by atoms with Gasteiger partial charge in [-0.1, -0.05) is 75.3 Å². The molecule has 0 aliphatic heterocycles. The molecule has 0 radical (unpaired) electrons. The van der Waals surface area contributed by atoms with Crippen molar-refractivity contribution >= 4 is 16.9 Å². The molecule has 3 heteroatoms. The molecule has 1 aromatic heterocycles. The number of pyridine rings is 1. The number of aryl methyl sites for hydroxylation is 2. The van der Waals surface area contributed by atoms with Crippen LogP contribution in [-0.2, 0) is 11.2 Å². The van der Waals surface area contributed by atoms with Gasteiger partial charge in [-0.2, -0.15) is 0 Å². The highest BCUT2D eigenvalue weighted by atomic mass is 16.4. The lowest BCUT2D eigenvalue weighted by atomic mass is 10.0. The van der Waals surface area contributed by atoms with Gasteiger partial charge in [0.05, 0.1) is 5.52 Å². The summed E-state index contributed by atoms with van der Waals surface area (Å²) in [6.07, 6.45) is 23.8. The van der Waals surface area contributed by atoms with Gasteiger partial charge in [0, 0.05) is 18.0 Å². The molecule has 0 spiro atoms. The summed E-state index contributed by atoms with van der Waals surface area (Å²) in [5.74, 6) is -0.670. The molecule has 0 unspecified atom stereocenters. The van der Waals surface area contributed by atoms with Crippen molar-refractivity contribution in [1.29, 1.82) is 0 Å². The smallest absolute Gasteiger partial charge is 0.303 e. The van der Waals surface area contributed by atoms with E-state index in [1.54, 1.807) is 0 Å². The number of allylic oxidation sites excluding steroid dienone is 2. The fourth-order valence-corrected chi connectivity index (χ4v) is 4.17. The molecular formula is C28H41NO2. The predicted molar refractivity (Wildman–Crippen MR) is 132 cm³/mol. The average Bonchev–Trinajstić information content (AvgIpc) is 2.76. The lowest BCUT2D eigenvalue weighted by molar-refractivity contribution is -0.137. The number of benzene rings is 1. The molecule has 0 saturated carbocycles. The maximum atomic E-state index is 10.4. The highest BCUT2D eigenvalue weighted by Gasteiger charge is 2.04. The third-order valence-corrected chi connectivity index (χ3v) is 6.07. The number of nitrogens with zero attached hydrogens (tertiary/aromatic N) is 1. The number of para-hydroxylation sites is 1. The van der Waals surface area contributed by atoms with Crippen LogP contribution >= 0.6 is 0 Å². The minimum Gasteiger partial charge on any atom is -0.481 e. The quantitative estimate of drug-likeness (QED) is 0.206. The molecule has 0 aliphatic carbocycles. The van der Waals surface area contributed by atoms with Crippen LogP contribution in [0.1, 0.15) is 101 Å². The summed E-state index contributed by atoms with van der Waals surface area (Å²) in [6.45, 7) is 2.16. The van der Waals surface area contributed by atoms with Gasteiger partial charge in [0.2, 0.25) is 0 Å². The molecule has 0 fully saturated rings. The lowest BCUT2D eigenvalue weighted by Crippen LogP contribution is -1.93. The van der Waals surface area contributed by atoms with E-state index in [1.807, 2.05) is 6.20 Å². The molecule has 31 heavy (non-hydrogen) atoms. The molecule has 0 aliphatic rings. The number of aromatic nitrogens is 1. The number of aliphatic carboxylic acids is 1. The molecule has 1 heterocycles. The number of carbonyl (C=O) groups is 1. The maximum absolute atomic E-state index is 10.4. The SMILES string of the molecule is Cc1ccnc2c(CCCCCCCC/C=C\CCCCCCCC(=O)O)cccc12. The fourth-order valence-electron chi connectivity index (χ4n) is 4.17. The largest absolute Gasteiger partial charge is 0.481 e. The van der Waals surface area contributed by atoms with Gasteiger partial charge < -0.3 is 5.11 Å². The standard InChI is InChI=1S/C28H41NO2/c1-24-22-23-29-28-25(19-17-20-26(24)28)18-15-13-11-9-7-5-3-2-4-6-8-10-12-14-16-21-27(30)31/h2,4,17,19-20,22-23H,3,5-16,18,21H2,1H3,(H,30,31)/b4-2-. The van der Waals surface area contributed by atoms with Crippen LogP contribution < -0.4 is 0 Å². The zero-order chi connectivity index (χ0) is 22.2. The summed E-state index contributed by atoms with van der Waals surface area (Å²) >= 11 is 0. The van der Waals surface area contributed by atoms with Crippen LogP contribution in [0.4, 0.5) is 0 Å². The fraction of sp³-hybridized carbons (Fsp3) is 0.571. The van der Waals surface area contributed by atoms with E-state index in [2.05, 4.69) is 48.3 Å². The van der Waals surface area contributed by atoms with Crippen LogP contribution in [0.5, 0.6) is 0 Å². The van der Waals surface area contributed by atoms with E-state index < -0.39 is 5.97 Å². The van der Waals surface area contributed by atoms with Crippen LogP contribution in [-0.4, -0.2) is 16.1 Å². The first-order chi connectivity index (χ1) is 15.2. The Bertz CT molecular complexity index is 797. The van der Waals surface area contributed by atoms with Crippen LogP contribution in [0.15, 0.2) is 42.6 Å². The molecule has 0 bridgehead atoms. The van der Waals surface area contributed by atoms with Gasteiger partial charge in [-0.3, -0.25) is 9.78 Å². The van der Waals surface area contributed by atoms with Crippen molar-refractivity contribution in [3.63, 3.8) is 0 Å². The van der Waals surface area contributed by atoms with Crippen molar-refractivity contribution in [2.24, 2.45) is 0 Å². The van der Waals surface area contributed by atoms with Crippen molar-refractivity contribution in [2.45, 2.75) is 103 Å². The molecule has 0 atom stereocenters. The van der Waals surface area contributed by atoms with Crippen molar-refractivity contribution in [3.8, 4) is 0 Å². The molecule has 170 valence electrons. The monoisotopic (exact) mass is 423 g/mol. The lowest BCUT2D eigenvalue weighted by Gasteiger charge is -2.07. The van der Waals surface area contributed by atoms with Gasteiger partial charge >= 0.3 is 5.97 Å². The van der Waals surface area contributed by atoms with E-state index in [1.165, 1.54) is 86.2 Å². The summed E-state index contributed by atoms with van der Waals surface area (Å²) in [7, 11) is 0. The van der Waals surface area contributed by atoms with Crippen molar-refractivity contribution in [3.05, 3.63) is 53.7 Å². The highest BCUT2D eigenvalue weighted by molar-refractivity contribution is 5.84. The number of carboxylic acid groups (broad SMARTS) is 1. The molecule has 2 rings (SSSR count). The normalized spacial score (nSPS) is 11.5. The van der Waals surface area contributed by atoms with E-state index in [0.29, 0.717) is 6.42 Å². The zero-order valence-electron chi connectivity index (χ0n) is 19.5. The van der Waals surface area contributed by atoms with Crippen molar-refractivity contribution < 1.29 is 9.90 Å². The van der Waals surface area contributed by atoms with Crippen molar-refractivity contribution in [2.75, 3.05) is 0 Å². The minimum absolute atomic E-state index is 0.321. The summed E-state index contributed by atoms with van der Waals surface area (Å²) in [5.41, 5.74) is 3.90. The maximum Gasteiger partial charge on any atom is 0.303 e. The summed E-state index contributed by atoms with van der Waals surface area (Å²) in [6, 6.07) is 8.68. The molecular weight excluding hydrogens is 382 g/mol. The van der Waals surface area contributed by atoms with Crippen LogP contribution in [0.25, 0.3) is 10.9 Å². The van der Waals surface area contributed by atoms with Crippen molar-refractivity contribution in [1.82, 2.24) is 4.98 Å². The average molecular weight is 424 g/mol. The van der Waals surface area contributed by atoms with E-state index in [9.17, 15) is 4.79 Å². The van der Waals surface area contributed by atoms with E-state index >= 15 is 0 Å². The predicted octanol–water partition coefficient (Wildman–Crippen LogP) is 8.19. The second kappa shape index (κ2) is 15.6. The minimum atomic E-state index is -0.670. The topological polar surface area (TPSA) is 50.2 Å². The van der Waals surface area contributed by atoms with Gasteiger partial charge in [-0.25, -0.2) is 0 Å². The summed E-state index contributed by atoms with van der Waals surface area (Å²) in [5, 5.41) is 9.90. The third kappa shape index (κ3) is 10.6. The molecule has 1 N–H and O–H groups in total. The van der Waals surface area contributed by atoms with Gasteiger partial charge in [-0.05, 0) is 69.1 Å². The molecule has 3 nitrogen and oxygen atoms in total. The number of unbranched alkanes of at least 4 members (excludes halogenated alkanes) is 11. The first kappa shape index (κ1) is 25.1. The number of fused-ring (bicyclic) bond motifs is 1. The number of hydrogen-bond donors (Lipinski definition) is 1. The Morgan fingerprint density at radius 2 is 1.45 bits per heavy atom. The number of rotatable bonds is 17. The van der Waals surface area contributed by atoms with Gasteiger partial charge in [-0.15, -0.1) is 0 Å². The third-order valence-electron chi connectivity index (χ3n) is 6.07. The van der Waals surface area contributed by atoms with Crippen LogP contribution in [0, 0.1) is 6.92 Å². The van der Waals surface area contributed by atoms with Gasteiger partial charge in [0.25, 0.3) is 0 Å². The van der Waals surface area contributed by atoms with Crippen LogP contribution in [0.2, 0.25) is 0 Å². The Labute approximate surface area is 189 Å². The summed E-state index contributed by atoms with van der Waals surface area (Å²) in [4.78, 5) is 15.1. The zero-order valence-corrected chi connectivity index (χ0v) is 19.5. The Kier molecular flexibility index (Phi) is 12.6. The second-order valence-electron chi connectivity index (χ2n) is 8.77. The first-order valence-corrected chi connectivity index (χ1v) is 12.4. The second-order valence-corrected chi connectivity index (χ2v) is 8.77. The molecule has 1 aromatic carbocycles. The molecule has 0 amide bonds. The molecule has 2 aromatic rings. The highest BCUT2D eigenvalue weighted by Crippen LogP contribution is 2.21. The number of hydrogen-bond acceptors (Lipinski definition) is 2. The van der Waals surface area contributed by atoms with E-state index in [0.717, 1.165) is 25.7 Å². The Morgan fingerprint density at radius 1 is 0.839 bits per heavy atom. The molecule has 0 saturated heterocycles. The van der Waals surface area contributed by atoms with Gasteiger partial charge in [0.1, 0.15) is 0 Å². The number of carboxylic acids is 1. The first-order valence-electron chi connectivity index (χ1n) is 12.4. The Hall–Kier alpha value is -2.16. The summed E-state index contributed by atoms with van der Waals surface area (Å²) < 4.78 is 0. The van der Waals surface area contributed by atoms with E-state index in [-0.39, 0.29) is 0 Å². The van der Waals surface area contributed by atoms with E-state index in [4.69, 9.17) is 5.11 Å². The Morgan fingerprint density at radius 3 is 2.13 bits per heavy atom. The van der Waals surface area contributed by atoms with Crippen LogP contribution in [0.3, 0.4) is 0 Å². The van der Waals surface area contributed by atoms with Gasteiger partial charge in [0.15, 0.2) is 0 Å².